The van der Waals surface area contributed by atoms with Crippen molar-refractivity contribution in [1.82, 2.24) is 10.1 Å². The Morgan fingerprint density at radius 2 is 2.04 bits per heavy atom. The zero-order chi connectivity index (χ0) is 18.5. The van der Waals surface area contributed by atoms with Gasteiger partial charge in [0.1, 0.15) is 0 Å². The van der Waals surface area contributed by atoms with Crippen LogP contribution in [0, 0.1) is 5.82 Å². The number of benzene rings is 2. The largest absolute Gasteiger partial charge is 0.494 e. The summed E-state index contributed by atoms with van der Waals surface area (Å²) in [6.45, 7) is 0. The monoisotopic (exact) mass is 355 g/mol. The third-order valence-electron chi connectivity index (χ3n) is 3.47. The molecule has 0 bridgehead atoms. The van der Waals surface area contributed by atoms with Crippen LogP contribution in [0.3, 0.4) is 0 Å². The molecule has 0 saturated heterocycles. The predicted molar refractivity (Wildman–Crippen MR) is 93.2 cm³/mol. The molecule has 0 aliphatic carbocycles. The number of anilines is 1. The number of ether oxygens (including phenoxy) is 1. The Bertz CT molecular complexity index is 1010. The van der Waals surface area contributed by atoms with Crippen molar-refractivity contribution in [3.05, 3.63) is 70.5 Å². The molecular weight excluding hydrogens is 341 g/mol. The lowest BCUT2D eigenvalue weighted by Crippen LogP contribution is -2.07. The van der Waals surface area contributed by atoms with E-state index >= 15 is 0 Å². The van der Waals surface area contributed by atoms with Gasteiger partial charge < -0.3 is 10.1 Å². The summed E-state index contributed by atoms with van der Waals surface area (Å²) in [6, 6.07) is 11.1. The Morgan fingerprint density at radius 3 is 2.65 bits per heavy atom. The summed E-state index contributed by atoms with van der Waals surface area (Å²) in [5.41, 5.74) is 1.72. The van der Waals surface area contributed by atoms with Crippen LogP contribution >= 0.6 is 0 Å². The molecule has 1 heterocycles. The molecule has 0 radical (unpaired) electrons. The van der Waals surface area contributed by atoms with Crippen LogP contribution in [0.4, 0.5) is 10.1 Å². The smallest absolute Gasteiger partial charge is 0.439 e. The van der Waals surface area contributed by atoms with E-state index in [1.807, 2.05) is 0 Å². The molecule has 0 unspecified atom stereocenters. The molecule has 2 aromatic carbocycles. The van der Waals surface area contributed by atoms with Crippen LogP contribution < -0.4 is 15.8 Å². The second kappa shape index (κ2) is 7.47. The fourth-order valence-corrected chi connectivity index (χ4v) is 2.21. The Labute approximate surface area is 147 Å². The van der Waals surface area contributed by atoms with Crippen LogP contribution in [0.15, 0.2) is 57.9 Å². The highest BCUT2D eigenvalue weighted by Crippen LogP contribution is 2.19. The molecule has 26 heavy (non-hydrogen) atoms. The number of amides is 1. The lowest BCUT2D eigenvalue weighted by Gasteiger charge is -2.03. The minimum Gasteiger partial charge on any atom is -0.494 e. The maximum Gasteiger partial charge on any atom is 0.439 e. The molecule has 0 spiro atoms. The second-order valence-electron chi connectivity index (χ2n) is 5.24. The summed E-state index contributed by atoms with van der Waals surface area (Å²) in [4.78, 5) is 25.3. The number of hydrogen-bond acceptors (Lipinski definition) is 5. The van der Waals surface area contributed by atoms with E-state index < -0.39 is 11.6 Å². The van der Waals surface area contributed by atoms with E-state index in [0.29, 0.717) is 22.6 Å². The number of nitrogens with one attached hydrogen (secondary N) is 2. The van der Waals surface area contributed by atoms with Crippen molar-refractivity contribution in [3.8, 4) is 17.1 Å². The number of carbonyl (C=O) groups excluding carboxylic acids is 1. The maximum atomic E-state index is 13.6. The number of nitrogens with zero attached hydrogens (tertiary/aromatic N) is 1. The summed E-state index contributed by atoms with van der Waals surface area (Å²) in [5, 5.41) is 6.25. The van der Waals surface area contributed by atoms with Gasteiger partial charge in [-0.25, -0.2) is 9.18 Å². The van der Waals surface area contributed by atoms with Crippen LogP contribution in [0.25, 0.3) is 17.5 Å². The number of aromatic nitrogens is 2. The summed E-state index contributed by atoms with van der Waals surface area (Å²) in [6.07, 6.45) is 2.79. The Balaban J connectivity index is 1.64. The van der Waals surface area contributed by atoms with Crippen LogP contribution in [0.1, 0.15) is 5.56 Å². The van der Waals surface area contributed by atoms with Crippen molar-refractivity contribution < 1.29 is 18.4 Å². The quantitative estimate of drug-likeness (QED) is 0.686. The molecule has 0 fully saturated rings. The maximum absolute atomic E-state index is 13.6. The fourth-order valence-electron chi connectivity index (χ4n) is 2.21. The number of carbonyl (C=O) groups is 1. The van der Waals surface area contributed by atoms with Crippen LogP contribution in [-0.2, 0) is 4.79 Å². The van der Waals surface area contributed by atoms with Gasteiger partial charge in [-0.3, -0.25) is 14.3 Å². The molecule has 0 aliphatic rings. The average Bonchev–Trinajstić information content (AvgIpc) is 3.07. The summed E-state index contributed by atoms with van der Waals surface area (Å²) in [7, 11) is 1.38. The highest BCUT2D eigenvalue weighted by Gasteiger charge is 2.05. The molecule has 0 atom stereocenters. The number of aromatic amines is 1. The third-order valence-corrected chi connectivity index (χ3v) is 3.47. The Kier molecular flexibility index (Phi) is 4.93. The molecule has 8 heteroatoms. The molecule has 3 rings (SSSR count). The second-order valence-corrected chi connectivity index (χ2v) is 5.24. The first-order chi connectivity index (χ1) is 12.5. The zero-order valence-corrected chi connectivity index (χ0v) is 13.7. The number of halogens is 1. The molecule has 2 N–H and O–H groups in total. The van der Waals surface area contributed by atoms with Gasteiger partial charge >= 0.3 is 5.76 Å². The minimum atomic E-state index is -0.641. The van der Waals surface area contributed by atoms with E-state index in [1.165, 1.54) is 31.4 Å². The minimum absolute atomic E-state index is 0.139. The van der Waals surface area contributed by atoms with Gasteiger partial charge in [0.2, 0.25) is 5.91 Å². The lowest BCUT2D eigenvalue weighted by molar-refractivity contribution is -0.111. The van der Waals surface area contributed by atoms with Crippen LogP contribution in [0.2, 0.25) is 0 Å². The van der Waals surface area contributed by atoms with E-state index in [1.54, 1.807) is 30.3 Å². The Hall–Kier alpha value is -3.68. The topological polar surface area (TPSA) is 97.2 Å². The van der Waals surface area contributed by atoms with Gasteiger partial charge in [0.25, 0.3) is 0 Å². The molecule has 132 valence electrons. The van der Waals surface area contributed by atoms with Crippen molar-refractivity contribution in [3.63, 3.8) is 0 Å². The third kappa shape index (κ3) is 4.04. The van der Waals surface area contributed by atoms with Crippen molar-refractivity contribution in [2.75, 3.05) is 12.4 Å². The molecule has 1 aromatic heterocycles. The first-order valence-corrected chi connectivity index (χ1v) is 7.54. The number of methoxy groups -OCH3 is 1. The van der Waals surface area contributed by atoms with Crippen LogP contribution in [-0.4, -0.2) is 23.2 Å². The van der Waals surface area contributed by atoms with Crippen molar-refractivity contribution in [2.45, 2.75) is 0 Å². The van der Waals surface area contributed by atoms with Gasteiger partial charge in [0.15, 0.2) is 17.4 Å². The number of H-pyrrole nitrogens is 1. The number of hydrogen-bond donors (Lipinski definition) is 2. The molecular formula is C18H14FN3O4. The van der Waals surface area contributed by atoms with E-state index in [0.717, 1.165) is 0 Å². The highest BCUT2D eigenvalue weighted by molar-refractivity contribution is 6.02. The van der Waals surface area contributed by atoms with Crippen LogP contribution in [0.5, 0.6) is 5.75 Å². The van der Waals surface area contributed by atoms with Gasteiger partial charge in [0.05, 0.1) is 7.11 Å². The first kappa shape index (κ1) is 17.2. The van der Waals surface area contributed by atoms with Gasteiger partial charge in [0, 0.05) is 17.3 Å². The highest BCUT2D eigenvalue weighted by atomic mass is 19.1. The SMILES string of the molecule is COc1ccc(/C=C\C(=O)Nc2ccc(-c3noc(=O)[nH]3)cc2)cc1F. The number of rotatable bonds is 5. The molecule has 1 amide bonds. The van der Waals surface area contributed by atoms with Gasteiger partial charge in [-0.05, 0) is 48.0 Å². The van der Waals surface area contributed by atoms with Gasteiger partial charge in [-0.15, -0.1) is 0 Å². The van der Waals surface area contributed by atoms with Gasteiger partial charge in [-0.2, -0.15) is 0 Å². The molecule has 0 aliphatic heterocycles. The summed E-state index contributed by atoms with van der Waals surface area (Å²) in [5.74, 6) is -1.08. The van der Waals surface area contributed by atoms with Crippen molar-refractivity contribution >= 4 is 17.7 Å². The lowest BCUT2D eigenvalue weighted by atomic mass is 10.2. The first-order valence-electron chi connectivity index (χ1n) is 7.54. The van der Waals surface area contributed by atoms with E-state index in [-0.39, 0.29) is 11.7 Å². The van der Waals surface area contributed by atoms with E-state index in [9.17, 15) is 14.0 Å². The average molecular weight is 355 g/mol. The van der Waals surface area contributed by atoms with Crippen molar-refractivity contribution in [2.24, 2.45) is 0 Å². The molecule has 0 saturated carbocycles. The van der Waals surface area contributed by atoms with Gasteiger partial charge in [-0.1, -0.05) is 11.2 Å². The van der Waals surface area contributed by atoms with Crippen molar-refractivity contribution in [1.29, 1.82) is 0 Å². The van der Waals surface area contributed by atoms with E-state index in [2.05, 4.69) is 20.0 Å². The standard InChI is InChI=1S/C18H14FN3O4/c1-25-15-8-2-11(10-14(15)19)3-9-16(23)20-13-6-4-12(5-7-13)17-21-18(24)26-22-17/h2-10H,1H3,(H,20,23)(H,21,22,24)/b9-3-. The summed E-state index contributed by atoms with van der Waals surface area (Å²) < 4.78 is 22.9. The van der Waals surface area contributed by atoms with E-state index in [4.69, 9.17) is 4.74 Å². The predicted octanol–water partition coefficient (Wildman–Crippen LogP) is 2.83. The summed E-state index contributed by atoms with van der Waals surface area (Å²) >= 11 is 0. The molecule has 3 aromatic rings. The molecule has 7 nitrogen and oxygen atoms in total. The Morgan fingerprint density at radius 1 is 1.27 bits per heavy atom. The fraction of sp³-hybridized carbons (Fsp3) is 0.0556. The normalized spacial score (nSPS) is 10.8. The zero-order valence-electron chi connectivity index (χ0n) is 13.7.